The molecule has 0 saturated heterocycles. The molecule has 148 valence electrons. The lowest BCUT2D eigenvalue weighted by Gasteiger charge is -2.09. The molecule has 0 spiro atoms. The topological polar surface area (TPSA) is 64.0 Å². The molecule has 10 heteroatoms. The van der Waals surface area contributed by atoms with E-state index in [1.807, 2.05) is 22.9 Å². The molecule has 3 aromatic heterocycles. The zero-order valence-corrected chi connectivity index (χ0v) is 18.1. The number of aromatic nitrogens is 2. The van der Waals surface area contributed by atoms with Crippen LogP contribution in [0.3, 0.4) is 0 Å². The summed E-state index contributed by atoms with van der Waals surface area (Å²) in [6.45, 7) is 0. The van der Waals surface area contributed by atoms with E-state index in [0.29, 0.717) is 20.4 Å². The number of fused-ring (bicyclic) bond motifs is 1. The van der Waals surface area contributed by atoms with Gasteiger partial charge in [-0.25, -0.2) is 9.37 Å². The van der Waals surface area contributed by atoms with Crippen LogP contribution in [0.15, 0.2) is 51.0 Å². The molecule has 0 aliphatic carbocycles. The maximum Gasteiger partial charge on any atom is 0.263 e. The van der Waals surface area contributed by atoms with E-state index < -0.39 is 11.7 Å². The molecule has 1 amide bonds. The second-order valence-corrected chi connectivity index (χ2v) is 9.21. The molecule has 0 unspecified atom stereocenters. The van der Waals surface area contributed by atoms with E-state index in [9.17, 15) is 14.0 Å². The van der Waals surface area contributed by atoms with Gasteiger partial charge in [0.2, 0.25) is 5.91 Å². The summed E-state index contributed by atoms with van der Waals surface area (Å²) >= 11 is 9.91. The lowest BCUT2D eigenvalue weighted by Crippen LogP contribution is -2.21. The van der Waals surface area contributed by atoms with Gasteiger partial charge in [0.1, 0.15) is 10.6 Å². The van der Waals surface area contributed by atoms with Crippen LogP contribution in [0.1, 0.15) is 0 Å². The van der Waals surface area contributed by atoms with Crippen LogP contribution in [0.25, 0.3) is 20.7 Å². The molecular weight excluding hydrogens is 453 g/mol. The van der Waals surface area contributed by atoms with Crippen LogP contribution < -0.4 is 10.9 Å². The van der Waals surface area contributed by atoms with Crippen molar-refractivity contribution in [3.05, 3.63) is 62.3 Å². The van der Waals surface area contributed by atoms with Gasteiger partial charge in [-0.1, -0.05) is 29.4 Å². The number of hydrogen-bond donors (Lipinski definition) is 1. The average molecular weight is 466 g/mol. The van der Waals surface area contributed by atoms with Gasteiger partial charge in [0, 0.05) is 27.9 Å². The summed E-state index contributed by atoms with van der Waals surface area (Å²) in [6.07, 6.45) is 0. The summed E-state index contributed by atoms with van der Waals surface area (Å²) in [4.78, 5) is 31.3. The van der Waals surface area contributed by atoms with Gasteiger partial charge in [-0.15, -0.1) is 22.7 Å². The number of halogens is 2. The second kappa shape index (κ2) is 8.27. The van der Waals surface area contributed by atoms with Gasteiger partial charge in [-0.05, 0) is 29.6 Å². The minimum Gasteiger partial charge on any atom is -0.323 e. The molecule has 0 saturated carbocycles. The first-order chi connectivity index (χ1) is 13.9. The van der Waals surface area contributed by atoms with Gasteiger partial charge < -0.3 is 5.32 Å². The number of carbonyl (C=O) groups is 1. The summed E-state index contributed by atoms with van der Waals surface area (Å²) < 4.78 is 15.2. The van der Waals surface area contributed by atoms with Crippen LogP contribution in [0.2, 0.25) is 5.02 Å². The predicted molar refractivity (Wildman–Crippen MR) is 119 cm³/mol. The Kier molecular flexibility index (Phi) is 5.73. The summed E-state index contributed by atoms with van der Waals surface area (Å²) in [7, 11) is 1.63. The molecule has 0 atom stereocenters. The molecule has 5 nitrogen and oxygen atoms in total. The molecule has 0 radical (unpaired) electrons. The summed E-state index contributed by atoms with van der Waals surface area (Å²) in [5, 5.41) is 7.69. The highest BCUT2D eigenvalue weighted by atomic mass is 35.5. The normalized spacial score (nSPS) is 11.1. The van der Waals surface area contributed by atoms with E-state index in [1.165, 1.54) is 34.1 Å². The monoisotopic (exact) mass is 465 g/mol. The maximum atomic E-state index is 13.8. The van der Waals surface area contributed by atoms with Crippen LogP contribution in [-0.4, -0.2) is 21.2 Å². The van der Waals surface area contributed by atoms with Crippen LogP contribution >= 0.6 is 46.0 Å². The highest BCUT2D eigenvalue weighted by Gasteiger charge is 2.17. The van der Waals surface area contributed by atoms with Crippen LogP contribution in [-0.2, 0) is 11.8 Å². The molecule has 3 heterocycles. The smallest absolute Gasteiger partial charge is 0.263 e. The largest absolute Gasteiger partial charge is 0.323 e. The average Bonchev–Trinajstić information content (AvgIpc) is 3.36. The highest BCUT2D eigenvalue weighted by Crippen LogP contribution is 2.34. The van der Waals surface area contributed by atoms with Crippen LogP contribution in [0.5, 0.6) is 0 Å². The second-order valence-electron chi connectivity index (χ2n) is 6.03. The Morgan fingerprint density at radius 1 is 1.34 bits per heavy atom. The van der Waals surface area contributed by atoms with Gasteiger partial charge in [-0.2, -0.15) is 0 Å². The van der Waals surface area contributed by atoms with Crippen molar-refractivity contribution in [2.24, 2.45) is 7.05 Å². The number of nitrogens with zero attached hydrogens (tertiary/aromatic N) is 2. The fourth-order valence-corrected chi connectivity index (χ4v) is 5.45. The lowest BCUT2D eigenvalue weighted by molar-refractivity contribution is -0.113. The minimum atomic E-state index is -0.570. The number of carbonyl (C=O) groups excluding carboxylic acids is 1. The van der Waals surface area contributed by atoms with E-state index in [0.717, 1.165) is 22.2 Å². The molecular formula is C19H13ClFN3O2S3. The first-order valence-corrected chi connectivity index (χ1v) is 11.5. The lowest BCUT2D eigenvalue weighted by atomic mass is 10.2. The van der Waals surface area contributed by atoms with Crippen molar-refractivity contribution >= 4 is 67.8 Å². The zero-order valence-electron chi connectivity index (χ0n) is 14.9. The standard InChI is InChI=1S/C19H13ClFN3O2S3/c1-24-18(26)16-11(14-3-2-6-27-14)8-28-17(16)23-19(24)29-9-15(25)22-13-7-10(20)4-5-12(13)21/h2-8H,9H2,1H3,(H,22,25). The Balaban J connectivity index is 1.56. The third kappa shape index (κ3) is 4.09. The van der Waals surface area contributed by atoms with E-state index in [1.54, 1.807) is 18.4 Å². The van der Waals surface area contributed by atoms with Crippen molar-refractivity contribution in [2.45, 2.75) is 5.16 Å². The molecule has 0 aliphatic rings. The zero-order chi connectivity index (χ0) is 20.5. The van der Waals surface area contributed by atoms with Crippen LogP contribution in [0.4, 0.5) is 10.1 Å². The van der Waals surface area contributed by atoms with Crippen molar-refractivity contribution < 1.29 is 9.18 Å². The van der Waals surface area contributed by atoms with E-state index in [2.05, 4.69) is 10.3 Å². The Morgan fingerprint density at radius 3 is 2.93 bits per heavy atom. The quantitative estimate of drug-likeness (QED) is 0.323. The number of thiophene rings is 2. The van der Waals surface area contributed by atoms with E-state index >= 15 is 0 Å². The third-order valence-corrected chi connectivity index (χ3v) is 7.14. The Hall–Kier alpha value is -2.20. The van der Waals surface area contributed by atoms with E-state index in [4.69, 9.17) is 11.6 Å². The number of hydrogen-bond acceptors (Lipinski definition) is 6. The third-order valence-electron chi connectivity index (χ3n) is 4.10. The molecule has 4 aromatic rings. The summed E-state index contributed by atoms with van der Waals surface area (Å²) in [5.74, 6) is -1.02. The fourth-order valence-electron chi connectivity index (χ4n) is 2.71. The maximum absolute atomic E-state index is 13.8. The van der Waals surface area contributed by atoms with Crippen molar-refractivity contribution in [3.63, 3.8) is 0 Å². The molecule has 0 fully saturated rings. The number of nitrogens with one attached hydrogen (secondary N) is 1. The van der Waals surface area contributed by atoms with Gasteiger partial charge >= 0.3 is 0 Å². The van der Waals surface area contributed by atoms with Crippen LogP contribution in [0, 0.1) is 5.82 Å². The van der Waals surface area contributed by atoms with E-state index in [-0.39, 0.29) is 17.0 Å². The SMILES string of the molecule is Cn1c(SCC(=O)Nc2cc(Cl)ccc2F)nc2scc(-c3cccs3)c2c1=O. The highest BCUT2D eigenvalue weighted by molar-refractivity contribution is 7.99. The molecule has 1 N–H and O–H groups in total. The van der Waals surface area contributed by atoms with Gasteiger partial charge in [0.05, 0.1) is 16.8 Å². The number of thioether (sulfide) groups is 1. The van der Waals surface area contributed by atoms with Crippen molar-refractivity contribution in [3.8, 4) is 10.4 Å². The molecule has 0 aliphatic heterocycles. The van der Waals surface area contributed by atoms with Crippen molar-refractivity contribution in [1.82, 2.24) is 9.55 Å². The van der Waals surface area contributed by atoms with Gasteiger partial charge in [-0.3, -0.25) is 14.2 Å². The molecule has 4 rings (SSSR count). The number of benzene rings is 1. The van der Waals surface area contributed by atoms with Gasteiger partial charge in [0.25, 0.3) is 5.56 Å². The molecule has 0 bridgehead atoms. The Bertz CT molecular complexity index is 1270. The molecule has 29 heavy (non-hydrogen) atoms. The fraction of sp³-hybridized carbons (Fsp3) is 0.105. The first kappa shape index (κ1) is 20.1. The summed E-state index contributed by atoms with van der Waals surface area (Å²) in [6, 6.07) is 7.84. The predicted octanol–water partition coefficient (Wildman–Crippen LogP) is 5.25. The molecule has 1 aromatic carbocycles. The van der Waals surface area contributed by atoms with Crippen molar-refractivity contribution in [2.75, 3.05) is 11.1 Å². The Labute approximate surface area is 182 Å². The van der Waals surface area contributed by atoms with Crippen molar-refractivity contribution in [1.29, 1.82) is 0 Å². The summed E-state index contributed by atoms with van der Waals surface area (Å²) in [5.41, 5.74) is 0.724. The minimum absolute atomic E-state index is 0.0132. The number of anilines is 1. The first-order valence-electron chi connectivity index (χ1n) is 8.34. The number of rotatable bonds is 5. The Morgan fingerprint density at radius 2 is 2.17 bits per heavy atom. The van der Waals surface area contributed by atoms with Gasteiger partial charge in [0.15, 0.2) is 5.16 Å². The number of amides is 1.